The van der Waals surface area contributed by atoms with E-state index in [0.29, 0.717) is 11.3 Å². The normalized spacial score (nSPS) is 9.50. The number of methoxy groups -OCH3 is 1. The minimum absolute atomic E-state index is 0.0262. The number of rotatable bonds is 1. The molecule has 0 bridgehead atoms. The molecule has 2 aromatic rings. The second-order valence-corrected chi connectivity index (χ2v) is 4.01. The molecule has 0 saturated heterocycles. The number of aryl methyl sites for hydroxylation is 1. The van der Waals surface area contributed by atoms with Gasteiger partial charge in [0.1, 0.15) is 5.75 Å². The van der Waals surface area contributed by atoms with Gasteiger partial charge in [-0.3, -0.25) is 0 Å². The third kappa shape index (κ3) is 3.88. The molecule has 0 aliphatic rings. The van der Waals surface area contributed by atoms with Crippen LogP contribution < -0.4 is 4.74 Å². The molecule has 0 amide bonds. The first kappa shape index (κ1) is 15.3. The van der Waals surface area contributed by atoms with Gasteiger partial charge in [-0.2, -0.15) is 0 Å². The molecule has 0 radical (unpaired) electrons. The van der Waals surface area contributed by atoms with Gasteiger partial charge in [0.15, 0.2) is 28.7 Å². The third-order valence-electron chi connectivity index (χ3n) is 2.38. The molecule has 5 N–H and O–H groups in total. The SMILES string of the molecule is COc1ccc(O)cc1O.Cc1cc(O)c(O)c(O)c1. The largest absolute Gasteiger partial charge is 0.508 e. The van der Waals surface area contributed by atoms with Crippen LogP contribution in [0.1, 0.15) is 5.56 Å². The first-order valence-corrected chi connectivity index (χ1v) is 5.62. The number of benzene rings is 2. The standard InChI is InChI=1S/2C7H8O3/c1-4-2-5(8)7(10)6(9)3-4;1-10-7-3-2-5(8)4-6(7)9/h2-3,8-10H,1H3;2-4,8-9H,1H3. The Labute approximate surface area is 115 Å². The van der Waals surface area contributed by atoms with Gasteiger partial charge in [-0.15, -0.1) is 0 Å². The number of hydrogen-bond acceptors (Lipinski definition) is 6. The minimum atomic E-state index is -0.467. The molecule has 2 rings (SSSR count). The Balaban J connectivity index is 0.000000200. The van der Waals surface area contributed by atoms with E-state index in [1.165, 1.54) is 37.4 Å². The molecule has 20 heavy (non-hydrogen) atoms. The number of aromatic hydroxyl groups is 5. The maximum absolute atomic E-state index is 9.01. The highest BCUT2D eigenvalue weighted by atomic mass is 16.5. The van der Waals surface area contributed by atoms with Crippen molar-refractivity contribution in [1.82, 2.24) is 0 Å². The van der Waals surface area contributed by atoms with Gasteiger partial charge < -0.3 is 30.3 Å². The van der Waals surface area contributed by atoms with Gasteiger partial charge in [0.05, 0.1) is 7.11 Å². The first-order chi connectivity index (χ1) is 9.35. The highest BCUT2D eigenvalue weighted by molar-refractivity contribution is 5.50. The van der Waals surface area contributed by atoms with Crippen molar-refractivity contribution in [3.8, 4) is 34.5 Å². The van der Waals surface area contributed by atoms with E-state index in [4.69, 9.17) is 30.3 Å². The summed E-state index contributed by atoms with van der Waals surface area (Å²) in [5.41, 5.74) is 0.702. The first-order valence-electron chi connectivity index (χ1n) is 5.62. The Morgan fingerprint density at radius 2 is 1.35 bits per heavy atom. The maximum Gasteiger partial charge on any atom is 0.200 e. The van der Waals surface area contributed by atoms with E-state index in [1.54, 1.807) is 6.92 Å². The molecule has 0 saturated carbocycles. The molecule has 0 fully saturated rings. The third-order valence-corrected chi connectivity index (χ3v) is 2.38. The highest BCUT2D eigenvalue weighted by Crippen LogP contribution is 2.34. The van der Waals surface area contributed by atoms with Crippen LogP contribution >= 0.6 is 0 Å². The van der Waals surface area contributed by atoms with Gasteiger partial charge in [0.2, 0.25) is 0 Å². The lowest BCUT2D eigenvalue weighted by molar-refractivity contribution is 0.367. The van der Waals surface area contributed by atoms with Gasteiger partial charge in [-0.25, -0.2) is 0 Å². The van der Waals surface area contributed by atoms with Crippen molar-refractivity contribution in [1.29, 1.82) is 0 Å². The van der Waals surface area contributed by atoms with Crippen LogP contribution in [-0.4, -0.2) is 32.6 Å². The molecule has 2 aromatic carbocycles. The molecule has 6 nitrogen and oxygen atoms in total. The Morgan fingerprint density at radius 1 is 0.800 bits per heavy atom. The van der Waals surface area contributed by atoms with E-state index in [1.807, 2.05) is 0 Å². The van der Waals surface area contributed by atoms with Crippen molar-refractivity contribution in [3.05, 3.63) is 35.9 Å². The van der Waals surface area contributed by atoms with Crippen LogP contribution in [0.2, 0.25) is 0 Å². The van der Waals surface area contributed by atoms with Crippen LogP contribution in [0.5, 0.6) is 34.5 Å². The summed E-state index contributed by atoms with van der Waals surface area (Å²) >= 11 is 0. The van der Waals surface area contributed by atoms with Gasteiger partial charge in [-0.05, 0) is 36.8 Å². The summed E-state index contributed by atoms with van der Waals surface area (Å²) in [7, 11) is 1.45. The van der Waals surface area contributed by atoms with Gasteiger partial charge in [0, 0.05) is 6.07 Å². The number of hydrogen-bond donors (Lipinski definition) is 5. The van der Waals surface area contributed by atoms with Crippen LogP contribution in [-0.2, 0) is 0 Å². The lowest BCUT2D eigenvalue weighted by Crippen LogP contribution is -1.81. The summed E-state index contributed by atoms with van der Waals surface area (Å²) in [6, 6.07) is 6.90. The fourth-order valence-corrected chi connectivity index (χ4v) is 1.42. The van der Waals surface area contributed by atoms with Crippen molar-refractivity contribution < 1.29 is 30.3 Å². The van der Waals surface area contributed by atoms with Crippen LogP contribution in [0.25, 0.3) is 0 Å². The van der Waals surface area contributed by atoms with E-state index >= 15 is 0 Å². The van der Waals surface area contributed by atoms with E-state index < -0.39 is 5.75 Å². The molecule has 108 valence electrons. The van der Waals surface area contributed by atoms with Crippen molar-refractivity contribution in [2.24, 2.45) is 0 Å². The molecule has 0 spiro atoms. The lowest BCUT2D eigenvalue weighted by atomic mass is 10.2. The van der Waals surface area contributed by atoms with Crippen molar-refractivity contribution >= 4 is 0 Å². The van der Waals surface area contributed by atoms with Crippen LogP contribution in [0.15, 0.2) is 30.3 Å². The van der Waals surface area contributed by atoms with Crippen molar-refractivity contribution in [2.75, 3.05) is 7.11 Å². The second-order valence-electron chi connectivity index (χ2n) is 4.01. The van der Waals surface area contributed by atoms with E-state index in [9.17, 15) is 0 Å². The average Bonchev–Trinajstić information content (AvgIpc) is 2.36. The predicted molar refractivity (Wildman–Crippen MR) is 72.5 cm³/mol. The fourth-order valence-electron chi connectivity index (χ4n) is 1.42. The van der Waals surface area contributed by atoms with Crippen LogP contribution in [0.3, 0.4) is 0 Å². The van der Waals surface area contributed by atoms with Crippen molar-refractivity contribution in [3.63, 3.8) is 0 Å². The summed E-state index contributed by atoms with van der Waals surface area (Å²) in [4.78, 5) is 0. The average molecular weight is 280 g/mol. The van der Waals surface area contributed by atoms with Gasteiger partial charge in [0.25, 0.3) is 0 Å². The van der Waals surface area contributed by atoms with E-state index in [-0.39, 0.29) is 23.0 Å². The van der Waals surface area contributed by atoms with E-state index in [2.05, 4.69) is 0 Å². The number of phenols is 5. The summed E-state index contributed by atoms with van der Waals surface area (Å²) in [5, 5.41) is 44.4. The zero-order valence-electron chi connectivity index (χ0n) is 11.0. The summed E-state index contributed by atoms with van der Waals surface area (Å²) in [6.07, 6.45) is 0. The molecule has 0 unspecified atom stereocenters. The molecular formula is C14H16O6. The quantitative estimate of drug-likeness (QED) is 0.512. The zero-order chi connectivity index (χ0) is 15.3. The van der Waals surface area contributed by atoms with Crippen LogP contribution in [0, 0.1) is 6.92 Å². The molecule has 0 atom stereocenters. The monoisotopic (exact) mass is 280 g/mol. The smallest absolute Gasteiger partial charge is 0.200 e. The second kappa shape index (κ2) is 6.42. The molecule has 6 heteroatoms. The fraction of sp³-hybridized carbons (Fsp3) is 0.143. The lowest BCUT2D eigenvalue weighted by Gasteiger charge is -2.01. The summed E-state index contributed by atoms with van der Waals surface area (Å²) in [6.45, 7) is 1.71. The summed E-state index contributed by atoms with van der Waals surface area (Å²) < 4.78 is 4.74. The van der Waals surface area contributed by atoms with Crippen molar-refractivity contribution in [2.45, 2.75) is 6.92 Å². The maximum atomic E-state index is 9.01. The Hall–Kier alpha value is -2.76. The molecular weight excluding hydrogens is 264 g/mol. The van der Waals surface area contributed by atoms with Gasteiger partial charge in [-0.1, -0.05) is 0 Å². The topological polar surface area (TPSA) is 110 Å². The minimum Gasteiger partial charge on any atom is -0.508 e. The zero-order valence-corrected chi connectivity index (χ0v) is 11.0. The Bertz CT molecular complexity index is 571. The molecule has 0 heterocycles. The van der Waals surface area contributed by atoms with Crippen LogP contribution in [0.4, 0.5) is 0 Å². The summed E-state index contributed by atoms with van der Waals surface area (Å²) in [5.74, 6) is -0.723. The number of ether oxygens (including phenoxy) is 1. The Morgan fingerprint density at radius 3 is 1.80 bits per heavy atom. The van der Waals surface area contributed by atoms with Gasteiger partial charge >= 0.3 is 0 Å². The molecule has 0 aliphatic heterocycles. The molecule has 0 aromatic heterocycles. The predicted octanol–water partition coefficient (Wildman–Crippen LogP) is 2.22. The molecule has 0 aliphatic carbocycles. The number of phenolic OH excluding ortho intramolecular Hbond substituents is 5. The highest BCUT2D eigenvalue weighted by Gasteiger charge is 2.04. The van der Waals surface area contributed by atoms with E-state index in [0.717, 1.165) is 0 Å². The Kier molecular flexibility index (Phi) is 4.91.